The number of para-hydroxylation sites is 1. The average molecular weight is 384 g/mol. The molecule has 0 saturated carbocycles. The van der Waals surface area contributed by atoms with E-state index in [1.165, 1.54) is 12.1 Å². The Balaban J connectivity index is 1.61. The highest BCUT2D eigenvalue weighted by atomic mass is 19.4. The van der Waals surface area contributed by atoms with Crippen LogP contribution in [0.4, 0.5) is 13.2 Å². The second-order valence-electron chi connectivity index (χ2n) is 5.78. The van der Waals surface area contributed by atoms with Crippen LogP contribution in [-0.2, 0) is 6.18 Å². The molecular formula is C19H11F3N4O2. The number of ether oxygens (including phenoxy) is 1. The number of H-pyrrole nitrogens is 1. The van der Waals surface area contributed by atoms with Gasteiger partial charge in [-0.25, -0.2) is 9.97 Å². The number of rotatable bonds is 3. The molecule has 4 rings (SSSR count). The Morgan fingerprint density at radius 3 is 2.43 bits per heavy atom. The maximum Gasteiger partial charge on any atom is 0.433 e. The Labute approximate surface area is 155 Å². The van der Waals surface area contributed by atoms with E-state index in [2.05, 4.69) is 19.9 Å². The summed E-state index contributed by atoms with van der Waals surface area (Å²) in [6.45, 7) is 0. The molecule has 1 N–H and O–H groups in total. The third-order valence-electron chi connectivity index (χ3n) is 3.87. The van der Waals surface area contributed by atoms with E-state index in [-0.39, 0.29) is 11.3 Å². The molecule has 0 spiro atoms. The molecule has 0 aliphatic carbocycles. The topological polar surface area (TPSA) is 80.8 Å². The van der Waals surface area contributed by atoms with Crippen molar-refractivity contribution in [2.24, 2.45) is 0 Å². The van der Waals surface area contributed by atoms with E-state index in [1.54, 1.807) is 36.4 Å². The van der Waals surface area contributed by atoms with Crippen molar-refractivity contribution in [2.45, 2.75) is 6.18 Å². The molecule has 0 fully saturated rings. The Hall–Kier alpha value is -3.75. The number of benzene rings is 2. The SMILES string of the molecule is O=c1[nH]c(-c2ccc(Oc3nccc(C(F)(F)F)n3)cc2)nc2ccccc12. The summed E-state index contributed by atoms with van der Waals surface area (Å²) < 4.78 is 43.4. The third kappa shape index (κ3) is 3.54. The van der Waals surface area contributed by atoms with Crippen LogP contribution in [0.5, 0.6) is 11.8 Å². The van der Waals surface area contributed by atoms with Crippen LogP contribution in [0.25, 0.3) is 22.3 Å². The van der Waals surface area contributed by atoms with Gasteiger partial charge in [0.15, 0.2) is 5.69 Å². The van der Waals surface area contributed by atoms with Crippen molar-refractivity contribution in [3.8, 4) is 23.1 Å². The molecule has 4 aromatic rings. The van der Waals surface area contributed by atoms with Crippen LogP contribution in [0.2, 0.25) is 0 Å². The lowest BCUT2D eigenvalue weighted by molar-refractivity contribution is -0.141. The van der Waals surface area contributed by atoms with E-state index in [4.69, 9.17) is 4.74 Å². The highest BCUT2D eigenvalue weighted by Gasteiger charge is 2.33. The highest BCUT2D eigenvalue weighted by Crippen LogP contribution is 2.29. The lowest BCUT2D eigenvalue weighted by Crippen LogP contribution is -2.09. The maximum absolute atomic E-state index is 12.7. The fourth-order valence-corrected chi connectivity index (χ4v) is 2.56. The minimum Gasteiger partial charge on any atom is -0.424 e. The fraction of sp³-hybridized carbons (Fsp3) is 0.0526. The number of hydrogen-bond acceptors (Lipinski definition) is 5. The van der Waals surface area contributed by atoms with Gasteiger partial charge in [0, 0.05) is 11.8 Å². The summed E-state index contributed by atoms with van der Waals surface area (Å²) in [5.41, 5.74) is -0.190. The van der Waals surface area contributed by atoms with Crippen LogP contribution in [0.3, 0.4) is 0 Å². The molecule has 2 heterocycles. The highest BCUT2D eigenvalue weighted by molar-refractivity contribution is 5.79. The predicted octanol–water partition coefficient (Wildman–Crippen LogP) is 4.19. The van der Waals surface area contributed by atoms with E-state index in [1.807, 2.05) is 0 Å². The van der Waals surface area contributed by atoms with Crippen molar-refractivity contribution in [1.29, 1.82) is 0 Å². The summed E-state index contributed by atoms with van der Waals surface area (Å²) in [5, 5.41) is 0.480. The first-order valence-corrected chi connectivity index (χ1v) is 8.08. The zero-order valence-corrected chi connectivity index (χ0v) is 14.1. The molecular weight excluding hydrogens is 373 g/mol. The van der Waals surface area contributed by atoms with Crippen molar-refractivity contribution < 1.29 is 17.9 Å². The van der Waals surface area contributed by atoms with Crippen LogP contribution in [-0.4, -0.2) is 19.9 Å². The molecule has 28 heavy (non-hydrogen) atoms. The molecule has 0 aliphatic rings. The Morgan fingerprint density at radius 1 is 0.929 bits per heavy atom. The predicted molar refractivity (Wildman–Crippen MR) is 94.9 cm³/mol. The molecule has 140 valence electrons. The van der Waals surface area contributed by atoms with Gasteiger partial charge >= 0.3 is 12.2 Å². The van der Waals surface area contributed by atoms with Gasteiger partial charge in [-0.3, -0.25) is 4.79 Å². The molecule has 0 unspecified atom stereocenters. The fourth-order valence-electron chi connectivity index (χ4n) is 2.56. The van der Waals surface area contributed by atoms with Crippen molar-refractivity contribution >= 4 is 10.9 Å². The molecule has 9 heteroatoms. The monoisotopic (exact) mass is 384 g/mol. The second kappa shape index (κ2) is 6.76. The van der Waals surface area contributed by atoms with Crippen molar-refractivity contribution in [1.82, 2.24) is 19.9 Å². The first-order chi connectivity index (χ1) is 13.4. The smallest absolute Gasteiger partial charge is 0.424 e. The number of nitrogens with one attached hydrogen (secondary N) is 1. The van der Waals surface area contributed by atoms with Gasteiger partial charge in [0.05, 0.1) is 10.9 Å². The van der Waals surface area contributed by atoms with E-state index >= 15 is 0 Å². The number of aromatic amines is 1. The molecule has 2 aromatic carbocycles. The van der Waals surface area contributed by atoms with E-state index in [0.717, 1.165) is 12.3 Å². The van der Waals surface area contributed by atoms with E-state index < -0.39 is 17.9 Å². The number of halogens is 3. The van der Waals surface area contributed by atoms with Crippen LogP contribution < -0.4 is 10.3 Å². The normalized spacial score (nSPS) is 11.5. The van der Waals surface area contributed by atoms with Gasteiger partial charge in [-0.15, -0.1) is 0 Å². The molecule has 0 aliphatic heterocycles. The van der Waals surface area contributed by atoms with Crippen molar-refractivity contribution in [3.63, 3.8) is 0 Å². The van der Waals surface area contributed by atoms with Crippen molar-refractivity contribution in [2.75, 3.05) is 0 Å². The van der Waals surface area contributed by atoms with Crippen LogP contribution in [0, 0.1) is 0 Å². The zero-order chi connectivity index (χ0) is 19.7. The average Bonchev–Trinajstić information content (AvgIpc) is 2.68. The quantitative estimate of drug-likeness (QED) is 0.573. The Morgan fingerprint density at radius 2 is 1.68 bits per heavy atom. The summed E-state index contributed by atoms with van der Waals surface area (Å²) in [6.07, 6.45) is -3.61. The molecule has 0 saturated heterocycles. The van der Waals surface area contributed by atoms with Gasteiger partial charge in [-0.2, -0.15) is 18.2 Å². The standard InChI is InChI=1S/C19H11F3N4O2/c20-19(21,22)15-9-10-23-18(25-15)28-12-7-5-11(6-8-12)16-24-14-4-2-1-3-13(14)17(27)26-16/h1-10H,(H,24,26,27). The summed E-state index contributed by atoms with van der Waals surface area (Å²) >= 11 is 0. The molecule has 0 atom stereocenters. The minimum atomic E-state index is -4.58. The molecule has 6 nitrogen and oxygen atoms in total. The molecule has 0 amide bonds. The van der Waals surface area contributed by atoms with Gasteiger partial charge in [-0.1, -0.05) is 12.1 Å². The lowest BCUT2D eigenvalue weighted by atomic mass is 10.2. The van der Waals surface area contributed by atoms with Gasteiger partial charge in [0.1, 0.15) is 11.6 Å². The Kier molecular flexibility index (Phi) is 4.26. The van der Waals surface area contributed by atoms with Crippen LogP contribution in [0.1, 0.15) is 5.69 Å². The summed E-state index contributed by atoms with van der Waals surface area (Å²) in [4.78, 5) is 26.3. The number of nitrogens with zero attached hydrogens (tertiary/aromatic N) is 3. The number of fused-ring (bicyclic) bond motifs is 1. The van der Waals surface area contributed by atoms with Crippen LogP contribution >= 0.6 is 0 Å². The van der Waals surface area contributed by atoms with Gasteiger partial charge in [0.2, 0.25) is 0 Å². The summed E-state index contributed by atoms with van der Waals surface area (Å²) in [7, 11) is 0. The Bertz CT molecular complexity index is 1200. The van der Waals surface area contributed by atoms with Gasteiger partial charge < -0.3 is 9.72 Å². The second-order valence-corrected chi connectivity index (χ2v) is 5.78. The van der Waals surface area contributed by atoms with Gasteiger partial charge in [0.25, 0.3) is 5.56 Å². The first kappa shape index (κ1) is 17.7. The largest absolute Gasteiger partial charge is 0.433 e. The van der Waals surface area contributed by atoms with E-state index in [9.17, 15) is 18.0 Å². The van der Waals surface area contributed by atoms with Crippen LogP contribution in [0.15, 0.2) is 65.6 Å². The zero-order valence-electron chi connectivity index (χ0n) is 14.1. The van der Waals surface area contributed by atoms with Crippen molar-refractivity contribution in [3.05, 3.63) is 76.8 Å². The number of alkyl halides is 3. The summed E-state index contributed by atoms with van der Waals surface area (Å²) in [5.74, 6) is 0.608. The number of aromatic nitrogens is 4. The molecule has 0 radical (unpaired) electrons. The van der Waals surface area contributed by atoms with E-state index in [0.29, 0.717) is 22.3 Å². The summed E-state index contributed by atoms with van der Waals surface area (Å²) in [6, 6.07) is 13.6. The minimum absolute atomic E-state index is 0.242. The maximum atomic E-state index is 12.7. The molecule has 2 aromatic heterocycles. The first-order valence-electron chi connectivity index (χ1n) is 8.08. The molecule has 0 bridgehead atoms. The third-order valence-corrected chi connectivity index (χ3v) is 3.87. The number of hydrogen-bond donors (Lipinski definition) is 1. The lowest BCUT2D eigenvalue weighted by Gasteiger charge is -2.08. The van der Waals surface area contributed by atoms with Gasteiger partial charge in [-0.05, 0) is 42.5 Å².